The first-order valence-corrected chi connectivity index (χ1v) is 8.47. The van der Waals surface area contributed by atoms with Gasteiger partial charge in [0.25, 0.3) is 5.91 Å². The molecule has 1 atom stereocenters. The van der Waals surface area contributed by atoms with E-state index < -0.39 is 0 Å². The number of hydrogen-bond donors (Lipinski definition) is 1. The second-order valence-electron chi connectivity index (χ2n) is 6.13. The lowest BCUT2D eigenvalue weighted by Gasteiger charge is -2.31. The van der Waals surface area contributed by atoms with Crippen LogP contribution in [-0.2, 0) is 4.79 Å². The fourth-order valence-corrected chi connectivity index (χ4v) is 2.77. The quantitative estimate of drug-likeness (QED) is 0.813. The maximum atomic E-state index is 12.5. The van der Waals surface area contributed by atoms with Crippen LogP contribution in [0.3, 0.4) is 0 Å². The van der Waals surface area contributed by atoms with E-state index in [2.05, 4.69) is 22.2 Å². The van der Waals surface area contributed by atoms with Crippen LogP contribution in [0.1, 0.15) is 55.2 Å². The van der Waals surface area contributed by atoms with Gasteiger partial charge in [-0.3, -0.25) is 14.6 Å². The van der Waals surface area contributed by atoms with Gasteiger partial charge < -0.3 is 10.2 Å². The van der Waals surface area contributed by atoms with E-state index in [-0.39, 0.29) is 17.7 Å². The molecule has 0 aromatic carbocycles. The van der Waals surface area contributed by atoms with Crippen molar-refractivity contribution >= 4 is 11.8 Å². The summed E-state index contributed by atoms with van der Waals surface area (Å²) in [5.41, 5.74) is 1.13. The lowest BCUT2D eigenvalue weighted by atomic mass is 9.97. The lowest BCUT2D eigenvalue weighted by Crippen LogP contribution is -2.45. The maximum absolute atomic E-state index is 12.5. The normalized spacial score (nSPS) is 17.8. The number of piperidine rings is 1. The SMILES string of the molecule is CCCCCNC(=O)C1CCCN(C(=O)c2cnc(C)cn2)C1. The van der Waals surface area contributed by atoms with Crippen molar-refractivity contribution in [2.75, 3.05) is 19.6 Å². The average Bonchev–Trinajstić information content (AvgIpc) is 2.59. The van der Waals surface area contributed by atoms with Crippen molar-refractivity contribution in [2.24, 2.45) is 5.92 Å². The minimum Gasteiger partial charge on any atom is -0.356 e. The summed E-state index contributed by atoms with van der Waals surface area (Å²) >= 11 is 0. The van der Waals surface area contributed by atoms with Gasteiger partial charge in [0, 0.05) is 25.8 Å². The van der Waals surface area contributed by atoms with E-state index in [1.165, 1.54) is 6.20 Å². The Balaban J connectivity index is 1.88. The number of carbonyl (C=O) groups excluding carboxylic acids is 2. The fourth-order valence-electron chi connectivity index (χ4n) is 2.77. The highest BCUT2D eigenvalue weighted by Crippen LogP contribution is 2.18. The summed E-state index contributed by atoms with van der Waals surface area (Å²) in [6.45, 7) is 5.84. The van der Waals surface area contributed by atoms with E-state index in [9.17, 15) is 9.59 Å². The Morgan fingerprint density at radius 3 is 2.83 bits per heavy atom. The molecule has 2 amide bonds. The molecule has 23 heavy (non-hydrogen) atoms. The van der Waals surface area contributed by atoms with Crippen LogP contribution in [0.4, 0.5) is 0 Å². The summed E-state index contributed by atoms with van der Waals surface area (Å²) in [6, 6.07) is 0. The number of likely N-dealkylation sites (tertiary alicyclic amines) is 1. The topological polar surface area (TPSA) is 75.2 Å². The third kappa shape index (κ3) is 5.01. The highest BCUT2D eigenvalue weighted by Gasteiger charge is 2.29. The van der Waals surface area contributed by atoms with Crippen LogP contribution < -0.4 is 5.32 Å². The van der Waals surface area contributed by atoms with Crippen molar-refractivity contribution < 1.29 is 9.59 Å². The Kier molecular flexibility index (Phi) is 6.50. The molecule has 126 valence electrons. The first kappa shape index (κ1) is 17.4. The van der Waals surface area contributed by atoms with Gasteiger partial charge in [0.15, 0.2) is 0 Å². The molecule has 6 heteroatoms. The van der Waals surface area contributed by atoms with Crippen LogP contribution in [0, 0.1) is 12.8 Å². The highest BCUT2D eigenvalue weighted by atomic mass is 16.2. The molecule has 0 aliphatic carbocycles. The molecule has 1 N–H and O–H groups in total. The van der Waals surface area contributed by atoms with E-state index in [4.69, 9.17) is 0 Å². The van der Waals surface area contributed by atoms with Crippen molar-refractivity contribution in [3.8, 4) is 0 Å². The lowest BCUT2D eigenvalue weighted by molar-refractivity contribution is -0.126. The predicted molar refractivity (Wildman–Crippen MR) is 87.9 cm³/mol. The molecule has 0 saturated carbocycles. The van der Waals surface area contributed by atoms with Gasteiger partial charge in [-0.25, -0.2) is 4.98 Å². The van der Waals surface area contributed by atoms with Crippen LogP contribution in [0.2, 0.25) is 0 Å². The Morgan fingerprint density at radius 2 is 2.13 bits per heavy atom. The van der Waals surface area contributed by atoms with Gasteiger partial charge in [0.05, 0.1) is 17.8 Å². The number of amides is 2. The van der Waals surface area contributed by atoms with Gasteiger partial charge in [0.1, 0.15) is 5.69 Å². The standard InChI is InChI=1S/C17H26N4O2/c1-3-4-5-8-18-16(22)14-7-6-9-21(12-14)17(23)15-11-19-13(2)10-20-15/h10-11,14H,3-9,12H2,1-2H3,(H,18,22). The van der Waals surface area contributed by atoms with Gasteiger partial charge in [-0.15, -0.1) is 0 Å². The van der Waals surface area contributed by atoms with Crippen LogP contribution in [0.5, 0.6) is 0 Å². The molecule has 1 aliphatic heterocycles. The maximum Gasteiger partial charge on any atom is 0.274 e. The van der Waals surface area contributed by atoms with Gasteiger partial charge in [-0.05, 0) is 26.2 Å². The molecular weight excluding hydrogens is 292 g/mol. The number of carbonyl (C=O) groups is 2. The van der Waals surface area contributed by atoms with Gasteiger partial charge >= 0.3 is 0 Å². The number of unbranched alkanes of at least 4 members (excludes halogenated alkanes) is 2. The summed E-state index contributed by atoms with van der Waals surface area (Å²) in [4.78, 5) is 34.7. The second-order valence-corrected chi connectivity index (χ2v) is 6.13. The first-order valence-electron chi connectivity index (χ1n) is 8.47. The molecule has 1 fully saturated rings. The number of rotatable bonds is 6. The molecular formula is C17H26N4O2. The molecule has 0 bridgehead atoms. The smallest absolute Gasteiger partial charge is 0.274 e. The minimum atomic E-state index is -0.138. The van der Waals surface area contributed by atoms with Crippen LogP contribution in [-0.4, -0.2) is 46.3 Å². The first-order chi connectivity index (χ1) is 11.1. The van der Waals surface area contributed by atoms with Crippen molar-refractivity contribution in [3.05, 3.63) is 23.8 Å². The van der Waals surface area contributed by atoms with Crippen molar-refractivity contribution in [3.63, 3.8) is 0 Å². The van der Waals surface area contributed by atoms with E-state index in [0.717, 1.165) is 44.3 Å². The Bertz CT molecular complexity index is 530. The van der Waals surface area contributed by atoms with Gasteiger partial charge in [0.2, 0.25) is 5.91 Å². The van der Waals surface area contributed by atoms with Crippen molar-refractivity contribution in [2.45, 2.75) is 46.0 Å². The third-order valence-electron chi connectivity index (χ3n) is 4.16. The number of aromatic nitrogens is 2. The summed E-state index contributed by atoms with van der Waals surface area (Å²) in [5, 5.41) is 2.99. The highest BCUT2D eigenvalue weighted by molar-refractivity contribution is 5.92. The molecule has 1 saturated heterocycles. The number of aryl methyl sites for hydroxylation is 1. The predicted octanol–water partition coefficient (Wildman–Crippen LogP) is 1.94. The van der Waals surface area contributed by atoms with E-state index in [0.29, 0.717) is 18.8 Å². The fraction of sp³-hybridized carbons (Fsp3) is 0.647. The van der Waals surface area contributed by atoms with Crippen LogP contribution >= 0.6 is 0 Å². The number of nitrogens with zero attached hydrogens (tertiary/aromatic N) is 3. The molecule has 1 aliphatic rings. The average molecular weight is 318 g/mol. The summed E-state index contributed by atoms with van der Waals surface area (Å²) in [7, 11) is 0. The monoisotopic (exact) mass is 318 g/mol. The van der Waals surface area contributed by atoms with E-state index in [1.807, 2.05) is 6.92 Å². The molecule has 2 heterocycles. The Morgan fingerprint density at radius 1 is 1.30 bits per heavy atom. The molecule has 2 rings (SSSR count). The van der Waals surface area contributed by atoms with Crippen LogP contribution in [0.25, 0.3) is 0 Å². The summed E-state index contributed by atoms with van der Waals surface area (Å²) in [5.74, 6) is -0.192. The molecule has 6 nitrogen and oxygen atoms in total. The van der Waals surface area contributed by atoms with E-state index >= 15 is 0 Å². The largest absolute Gasteiger partial charge is 0.356 e. The van der Waals surface area contributed by atoms with Crippen molar-refractivity contribution in [1.82, 2.24) is 20.2 Å². The Hall–Kier alpha value is -1.98. The minimum absolute atomic E-state index is 0.0635. The molecule has 0 radical (unpaired) electrons. The van der Waals surface area contributed by atoms with Gasteiger partial charge in [-0.1, -0.05) is 19.8 Å². The molecule has 0 spiro atoms. The second kappa shape index (κ2) is 8.60. The van der Waals surface area contributed by atoms with Gasteiger partial charge in [-0.2, -0.15) is 0 Å². The van der Waals surface area contributed by atoms with E-state index in [1.54, 1.807) is 11.1 Å². The van der Waals surface area contributed by atoms with Crippen molar-refractivity contribution in [1.29, 1.82) is 0 Å². The molecule has 1 aromatic rings. The third-order valence-corrected chi connectivity index (χ3v) is 4.16. The Labute approximate surface area is 137 Å². The zero-order valence-electron chi connectivity index (χ0n) is 14.0. The zero-order valence-corrected chi connectivity index (χ0v) is 14.0. The zero-order chi connectivity index (χ0) is 16.7. The molecule has 1 aromatic heterocycles. The van der Waals surface area contributed by atoms with Crippen LogP contribution in [0.15, 0.2) is 12.4 Å². The summed E-state index contributed by atoms with van der Waals surface area (Å²) < 4.78 is 0. The summed E-state index contributed by atoms with van der Waals surface area (Å²) in [6.07, 6.45) is 8.06. The number of nitrogens with one attached hydrogen (secondary N) is 1. The number of hydrogen-bond acceptors (Lipinski definition) is 4. The molecule has 1 unspecified atom stereocenters.